The number of pyridine rings is 2. The van der Waals surface area contributed by atoms with Gasteiger partial charge in [-0.05, 0) is 49.7 Å². The number of hydrogen-bond donors (Lipinski definition) is 4. The van der Waals surface area contributed by atoms with Crippen molar-refractivity contribution in [2.45, 2.75) is 20.0 Å². The van der Waals surface area contributed by atoms with Gasteiger partial charge in [0.2, 0.25) is 5.56 Å². The minimum Gasteiger partial charge on any atom is -0.392 e. The number of H-pyrrole nitrogens is 1. The molecule has 2 aromatic heterocycles. The van der Waals surface area contributed by atoms with E-state index in [4.69, 9.17) is 0 Å². The number of aromatic amines is 1. The Hall–Kier alpha value is -3.78. The van der Waals surface area contributed by atoms with Crippen molar-refractivity contribution in [1.29, 1.82) is 0 Å². The first-order valence-corrected chi connectivity index (χ1v) is 9.77. The molecule has 0 spiro atoms. The molecular weight excluding hydrogens is 399 g/mol. The molecule has 0 unspecified atom stereocenters. The van der Waals surface area contributed by atoms with Gasteiger partial charge in [0.15, 0.2) is 0 Å². The van der Waals surface area contributed by atoms with E-state index in [-0.39, 0.29) is 18.0 Å². The molecule has 0 fully saturated rings. The van der Waals surface area contributed by atoms with Crippen LogP contribution in [-0.4, -0.2) is 33.6 Å². The van der Waals surface area contributed by atoms with E-state index in [0.717, 1.165) is 5.56 Å². The van der Waals surface area contributed by atoms with E-state index in [1.165, 1.54) is 18.2 Å². The molecule has 0 aliphatic rings. The molecule has 4 aromatic rings. The largest absolute Gasteiger partial charge is 0.392 e. The quantitative estimate of drug-likeness (QED) is 0.370. The third-order valence-electron chi connectivity index (χ3n) is 4.97. The summed E-state index contributed by atoms with van der Waals surface area (Å²) in [5, 5.41) is 17.0. The highest BCUT2D eigenvalue weighted by molar-refractivity contribution is 6.10. The number of anilines is 2. The summed E-state index contributed by atoms with van der Waals surface area (Å²) in [4.78, 5) is 31.6. The van der Waals surface area contributed by atoms with Crippen LogP contribution in [0.3, 0.4) is 0 Å². The van der Waals surface area contributed by atoms with Crippen LogP contribution in [-0.2, 0) is 0 Å². The lowest BCUT2D eigenvalue weighted by Gasteiger charge is -2.14. The predicted molar refractivity (Wildman–Crippen MR) is 118 cm³/mol. The lowest BCUT2D eigenvalue weighted by molar-refractivity contribution is 0.0924. The van der Waals surface area contributed by atoms with Gasteiger partial charge in [0, 0.05) is 46.2 Å². The summed E-state index contributed by atoms with van der Waals surface area (Å²) in [5.74, 6) is -0.286. The Balaban J connectivity index is 1.80. The van der Waals surface area contributed by atoms with Crippen molar-refractivity contribution >= 4 is 39.1 Å². The summed E-state index contributed by atoms with van der Waals surface area (Å²) < 4.78 is 13.8. The first-order valence-electron chi connectivity index (χ1n) is 9.77. The third kappa shape index (κ3) is 4.24. The van der Waals surface area contributed by atoms with Gasteiger partial charge in [0.1, 0.15) is 11.6 Å². The number of nitrogens with zero attached hydrogens (tertiary/aromatic N) is 1. The number of carbonyl (C=O) groups is 1. The van der Waals surface area contributed by atoms with Gasteiger partial charge < -0.3 is 20.7 Å². The molecule has 0 saturated heterocycles. The zero-order valence-corrected chi connectivity index (χ0v) is 17.0. The van der Waals surface area contributed by atoms with E-state index >= 15 is 0 Å². The van der Waals surface area contributed by atoms with Crippen LogP contribution in [0.4, 0.5) is 15.9 Å². The van der Waals surface area contributed by atoms with Gasteiger partial charge >= 0.3 is 0 Å². The molecule has 2 heterocycles. The molecule has 1 amide bonds. The number of aryl methyl sites for hydroxylation is 1. The second-order valence-corrected chi connectivity index (χ2v) is 7.46. The maximum atomic E-state index is 13.8. The van der Waals surface area contributed by atoms with Gasteiger partial charge in [-0.3, -0.25) is 9.59 Å². The number of benzene rings is 2. The van der Waals surface area contributed by atoms with Gasteiger partial charge in [-0.15, -0.1) is 0 Å². The fraction of sp³-hybridized carbons (Fsp3) is 0.174. The first-order chi connectivity index (χ1) is 14.8. The van der Waals surface area contributed by atoms with Crippen molar-refractivity contribution in [3.8, 4) is 0 Å². The molecule has 0 aliphatic carbocycles. The number of nitrogens with one attached hydrogen (secondary N) is 3. The molecule has 8 heteroatoms. The number of rotatable bonds is 5. The molecule has 0 aliphatic heterocycles. The fourth-order valence-electron chi connectivity index (χ4n) is 3.36. The van der Waals surface area contributed by atoms with Gasteiger partial charge in [-0.25, -0.2) is 9.37 Å². The average Bonchev–Trinajstić information content (AvgIpc) is 2.73. The van der Waals surface area contributed by atoms with Crippen molar-refractivity contribution < 1.29 is 14.3 Å². The standard InChI is InChI=1S/C23H21FN4O3/c1-12-3-4-14(23(31)26-10-13(2)29)7-20(12)28-22-17-9-21(30)25-11-18(17)16-8-15(24)5-6-19(16)27-22/h3-9,11,13,29H,10H2,1-2H3,(H,25,30)(H,26,31)(H,27,28)/t13-/m1/s1. The average molecular weight is 420 g/mol. The van der Waals surface area contributed by atoms with E-state index in [1.807, 2.05) is 6.92 Å². The summed E-state index contributed by atoms with van der Waals surface area (Å²) in [6.45, 7) is 3.61. The third-order valence-corrected chi connectivity index (χ3v) is 4.97. The zero-order chi connectivity index (χ0) is 22.1. The second-order valence-electron chi connectivity index (χ2n) is 7.46. The monoisotopic (exact) mass is 420 g/mol. The van der Waals surface area contributed by atoms with E-state index in [2.05, 4.69) is 20.6 Å². The van der Waals surface area contributed by atoms with E-state index in [9.17, 15) is 19.1 Å². The van der Waals surface area contributed by atoms with E-state index in [1.54, 1.807) is 37.4 Å². The molecule has 4 rings (SSSR count). The van der Waals surface area contributed by atoms with E-state index < -0.39 is 11.9 Å². The molecule has 31 heavy (non-hydrogen) atoms. The Morgan fingerprint density at radius 1 is 1.16 bits per heavy atom. The molecule has 2 aromatic carbocycles. The number of hydrogen-bond acceptors (Lipinski definition) is 5. The number of carbonyl (C=O) groups excluding carboxylic acids is 1. The number of aromatic nitrogens is 2. The Kier molecular flexibility index (Phi) is 5.39. The summed E-state index contributed by atoms with van der Waals surface area (Å²) in [6.07, 6.45) is 0.891. The summed E-state index contributed by atoms with van der Waals surface area (Å²) >= 11 is 0. The Morgan fingerprint density at radius 2 is 1.97 bits per heavy atom. The van der Waals surface area contributed by atoms with Crippen molar-refractivity contribution in [3.63, 3.8) is 0 Å². The first kappa shape index (κ1) is 20.5. The molecule has 0 saturated carbocycles. The molecule has 0 bridgehead atoms. The molecular formula is C23H21FN4O3. The van der Waals surface area contributed by atoms with E-state index in [0.29, 0.717) is 38.7 Å². The van der Waals surface area contributed by atoms with Crippen LogP contribution < -0.4 is 16.2 Å². The predicted octanol–water partition coefficient (Wildman–Crippen LogP) is 3.38. The normalized spacial score (nSPS) is 12.1. The van der Waals surface area contributed by atoms with Crippen LogP contribution in [0.2, 0.25) is 0 Å². The van der Waals surface area contributed by atoms with Gasteiger partial charge in [-0.1, -0.05) is 6.07 Å². The molecule has 158 valence electrons. The highest BCUT2D eigenvalue weighted by Gasteiger charge is 2.13. The number of halogens is 1. The van der Waals surface area contributed by atoms with Crippen LogP contribution in [0.25, 0.3) is 21.7 Å². The van der Waals surface area contributed by atoms with Gasteiger partial charge in [-0.2, -0.15) is 0 Å². The lowest BCUT2D eigenvalue weighted by atomic mass is 10.1. The highest BCUT2D eigenvalue weighted by Crippen LogP contribution is 2.31. The molecule has 1 atom stereocenters. The minimum atomic E-state index is -0.650. The van der Waals surface area contributed by atoms with Crippen LogP contribution in [0.1, 0.15) is 22.8 Å². The summed E-state index contributed by atoms with van der Waals surface area (Å²) in [5.41, 5.74) is 2.17. The topological polar surface area (TPSA) is 107 Å². The lowest BCUT2D eigenvalue weighted by Crippen LogP contribution is -2.30. The molecule has 4 N–H and O–H groups in total. The molecule has 7 nitrogen and oxygen atoms in total. The number of aliphatic hydroxyl groups is 1. The van der Waals surface area contributed by atoms with Crippen molar-refractivity contribution in [2.75, 3.05) is 11.9 Å². The number of fused-ring (bicyclic) bond motifs is 3. The minimum absolute atomic E-state index is 0.145. The Bertz CT molecular complexity index is 1360. The van der Waals surface area contributed by atoms with Crippen molar-refractivity contribution in [1.82, 2.24) is 15.3 Å². The van der Waals surface area contributed by atoms with Crippen molar-refractivity contribution in [3.05, 3.63) is 76.0 Å². The van der Waals surface area contributed by atoms with Crippen LogP contribution in [0.15, 0.2) is 53.5 Å². The molecule has 0 radical (unpaired) electrons. The summed E-state index contributed by atoms with van der Waals surface area (Å²) in [7, 11) is 0. The fourth-order valence-corrected chi connectivity index (χ4v) is 3.36. The SMILES string of the molecule is Cc1ccc(C(=O)NC[C@@H](C)O)cc1Nc1nc2ccc(F)cc2c2c[nH]c(=O)cc12. The number of amides is 1. The second kappa shape index (κ2) is 8.16. The summed E-state index contributed by atoms with van der Waals surface area (Å²) in [6, 6.07) is 10.9. The highest BCUT2D eigenvalue weighted by atomic mass is 19.1. The van der Waals surface area contributed by atoms with Crippen LogP contribution in [0.5, 0.6) is 0 Å². The number of aliphatic hydroxyl groups excluding tert-OH is 1. The Morgan fingerprint density at radius 3 is 2.74 bits per heavy atom. The smallest absolute Gasteiger partial charge is 0.251 e. The maximum Gasteiger partial charge on any atom is 0.251 e. The van der Waals surface area contributed by atoms with Crippen molar-refractivity contribution in [2.24, 2.45) is 0 Å². The van der Waals surface area contributed by atoms with Gasteiger partial charge in [0.25, 0.3) is 5.91 Å². The van der Waals surface area contributed by atoms with Gasteiger partial charge in [0.05, 0.1) is 11.6 Å². The Labute approximate surface area is 176 Å². The van der Waals surface area contributed by atoms with Crippen LogP contribution in [0, 0.1) is 12.7 Å². The maximum absolute atomic E-state index is 13.8. The van der Waals surface area contributed by atoms with Crippen LogP contribution >= 0.6 is 0 Å². The zero-order valence-electron chi connectivity index (χ0n) is 17.0.